The second-order valence-electron chi connectivity index (χ2n) is 4.51. The molecule has 1 saturated heterocycles. The van der Waals surface area contributed by atoms with E-state index >= 15 is 0 Å². The van der Waals surface area contributed by atoms with Gasteiger partial charge in [0.25, 0.3) is 5.91 Å². The number of rotatable bonds is 5. The van der Waals surface area contributed by atoms with Crippen molar-refractivity contribution in [1.29, 1.82) is 0 Å². The van der Waals surface area contributed by atoms with Crippen molar-refractivity contribution in [3.05, 3.63) is 24.4 Å². The van der Waals surface area contributed by atoms with Gasteiger partial charge in [-0.3, -0.25) is 20.5 Å². The van der Waals surface area contributed by atoms with Gasteiger partial charge >= 0.3 is 0 Å². The molecule has 0 spiro atoms. The summed E-state index contributed by atoms with van der Waals surface area (Å²) < 4.78 is 0. The number of carbonyl (C=O) groups is 1. The largest absolute Gasteiger partial charge is 0.330 e. The maximum Gasteiger partial charge on any atom is 0.252 e. The molecule has 0 bridgehead atoms. The number of amides is 1. The molecule has 4 N–H and O–H groups in total. The number of nitrogens with one attached hydrogen (secondary N) is 2. The van der Waals surface area contributed by atoms with Gasteiger partial charge in [0.2, 0.25) is 0 Å². The van der Waals surface area contributed by atoms with E-state index in [1.165, 1.54) is 0 Å². The van der Waals surface area contributed by atoms with E-state index in [1.54, 1.807) is 12.3 Å². The van der Waals surface area contributed by atoms with E-state index < -0.39 is 0 Å². The maximum atomic E-state index is 11.7. The normalized spacial score (nSPS) is 19.7. The molecule has 1 aliphatic heterocycles. The Morgan fingerprint density at radius 2 is 2.44 bits per heavy atom. The molecular formula is C12H19N5O. The molecule has 2 heterocycles. The highest BCUT2D eigenvalue weighted by Crippen LogP contribution is 2.13. The van der Waals surface area contributed by atoms with Crippen molar-refractivity contribution in [2.24, 2.45) is 11.7 Å². The number of nitrogens with zero attached hydrogens (tertiary/aromatic N) is 2. The maximum absolute atomic E-state index is 11.7. The molecule has 1 aromatic heterocycles. The molecule has 1 atom stereocenters. The fourth-order valence-corrected chi connectivity index (χ4v) is 2.06. The summed E-state index contributed by atoms with van der Waals surface area (Å²) in [5.74, 6) is 1.10. The van der Waals surface area contributed by atoms with Crippen LogP contribution in [0.5, 0.6) is 0 Å². The third-order valence-electron chi connectivity index (χ3n) is 3.07. The molecule has 18 heavy (non-hydrogen) atoms. The van der Waals surface area contributed by atoms with E-state index in [0.717, 1.165) is 19.5 Å². The average Bonchev–Trinajstić information content (AvgIpc) is 2.85. The molecule has 1 unspecified atom stereocenters. The first-order valence-electron chi connectivity index (χ1n) is 6.16. The number of hydrogen-bond donors (Lipinski definition) is 3. The average molecular weight is 249 g/mol. The van der Waals surface area contributed by atoms with Gasteiger partial charge in [-0.25, -0.2) is 4.98 Å². The summed E-state index contributed by atoms with van der Waals surface area (Å²) in [6.07, 6.45) is 2.75. The molecule has 0 aliphatic carbocycles. The smallest absolute Gasteiger partial charge is 0.252 e. The second kappa shape index (κ2) is 6.32. The minimum Gasteiger partial charge on any atom is -0.330 e. The van der Waals surface area contributed by atoms with E-state index in [-0.39, 0.29) is 5.91 Å². The molecule has 0 radical (unpaired) electrons. The lowest BCUT2D eigenvalue weighted by atomic mass is 10.1. The molecule has 1 aliphatic rings. The van der Waals surface area contributed by atoms with Crippen molar-refractivity contribution >= 4 is 11.7 Å². The fourth-order valence-electron chi connectivity index (χ4n) is 2.06. The first kappa shape index (κ1) is 12.8. The summed E-state index contributed by atoms with van der Waals surface area (Å²) in [4.78, 5) is 17.9. The monoisotopic (exact) mass is 249 g/mol. The Labute approximate surface area is 107 Å². The van der Waals surface area contributed by atoms with Crippen LogP contribution in [-0.2, 0) is 4.79 Å². The van der Waals surface area contributed by atoms with Crippen molar-refractivity contribution in [1.82, 2.24) is 15.3 Å². The van der Waals surface area contributed by atoms with E-state index in [4.69, 9.17) is 5.73 Å². The van der Waals surface area contributed by atoms with Crippen molar-refractivity contribution in [3.63, 3.8) is 0 Å². The summed E-state index contributed by atoms with van der Waals surface area (Å²) in [6.45, 7) is 2.95. The predicted molar refractivity (Wildman–Crippen MR) is 69.6 cm³/mol. The lowest BCUT2D eigenvalue weighted by Gasteiger charge is -2.15. The van der Waals surface area contributed by atoms with Crippen molar-refractivity contribution < 1.29 is 4.79 Å². The zero-order valence-corrected chi connectivity index (χ0v) is 10.3. The van der Waals surface area contributed by atoms with Crippen molar-refractivity contribution in [2.75, 3.05) is 31.6 Å². The quantitative estimate of drug-likeness (QED) is 0.630. The number of pyridine rings is 1. The van der Waals surface area contributed by atoms with Crippen LogP contribution in [0.25, 0.3) is 0 Å². The molecule has 6 heteroatoms. The highest BCUT2D eigenvalue weighted by Gasteiger charge is 2.22. The first-order valence-corrected chi connectivity index (χ1v) is 6.16. The van der Waals surface area contributed by atoms with Crippen LogP contribution in [0, 0.1) is 5.92 Å². The fraction of sp³-hybridized carbons (Fsp3) is 0.500. The lowest BCUT2D eigenvalue weighted by Crippen LogP contribution is -2.39. The Kier molecular flexibility index (Phi) is 4.49. The number of hydrazine groups is 1. The minimum atomic E-state index is -0.0571. The Balaban J connectivity index is 1.70. The molecule has 0 saturated carbocycles. The molecule has 2 rings (SSSR count). The molecule has 1 fully saturated rings. The van der Waals surface area contributed by atoms with Gasteiger partial charge in [0.05, 0.1) is 6.54 Å². The summed E-state index contributed by atoms with van der Waals surface area (Å²) in [6, 6.07) is 5.47. The Bertz CT molecular complexity index is 383. The lowest BCUT2D eigenvalue weighted by molar-refractivity contribution is -0.121. The van der Waals surface area contributed by atoms with Gasteiger partial charge in [-0.05, 0) is 37.6 Å². The Morgan fingerprint density at radius 1 is 1.56 bits per heavy atom. The molecule has 1 aromatic rings. The Hall–Kier alpha value is -1.66. The van der Waals surface area contributed by atoms with Crippen molar-refractivity contribution in [3.8, 4) is 0 Å². The van der Waals surface area contributed by atoms with E-state index in [0.29, 0.717) is 24.8 Å². The Morgan fingerprint density at radius 3 is 3.11 bits per heavy atom. The number of likely N-dealkylation sites (tertiary alicyclic amines) is 1. The van der Waals surface area contributed by atoms with Crippen LogP contribution in [0.4, 0.5) is 5.82 Å². The summed E-state index contributed by atoms with van der Waals surface area (Å²) in [5, 5.41) is 0. The van der Waals surface area contributed by atoms with Crippen LogP contribution in [0.3, 0.4) is 0 Å². The van der Waals surface area contributed by atoms with Gasteiger partial charge < -0.3 is 5.73 Å². The van der Waals surface area contributed by atoms with Crippen molar-refractivity contribution in [2.45, 2.75) is 6.42 Å². The number of hydrogen-bond acceptors (Lipinski definition) is 5. The predicted octanol–water partition coefficient (Wildman–Crippen LogP) is -0.195. The van der Waals surface area contributed by atoms with Gasteiger partial charge in [-0.1, -0.05) is 6.07 Å². The van der Waals surface area contributed by atoms with Gasteiger partial charge in [0, 0.05) is 12.7 Å². The zero-order valence-electron chi connectivity index (χ0n) is 10.3. The molecule has 98 valence electrons. The third kappa shape index (κ3) is 3.68. The second-order valence-corrected chi connectivity index (χ2v) is 4.51. The van der Waals surface area contributed by atoms with Gasteiger partial charge in [0.15, 0.2) is 0 Å². The van der Waals surface area contributed by atoms with Crippen LogP contribution in [-0.4, -0.2) is 42.0 Å². The highest BCUT2D eigenvalue weighted by molar-refractivity contribution is 5.79. The standard InChI is InChI=1S/C12H19N5O/c13-7-10-4-6-17(8-10)9-12(18)16-15-11-3-1-2-5-14-11/h1-3,5,10H,4,6-9,13H2,(H,14,15)(H,16,18). The third-order valence-corrected chi connectivity index (χ3v) is 3.07. The van der Waals surface area contributed by atoms with Crippen LogP contribution >= 0.6 is 0 Å². The number of aromatic nitrogens is 1. The van der Waals surface area contributed by atoms with E-state index in [9.17, 15) is 4.79 Å². The molecule has 6 nitrogen and oxygen atoms in total. The van der Waals surface area contributed by atoms with E-state index in [1.807, 2.05) is 12.1 Å². The van der Waals surface area contributed by atoms with Gasteiger partial charge in [-0.15, -0.1) is 0 Å². The SMILES string of the molecule is NCC1CCN(CC(=O)NNc2ccccn2)C1. The van der Waals surface area contributed by atoms with Gasteiger partial charge in [-0.2, -0.15) is 0 Å². The van der Waals surface area contributed by atoms with E-state index in [2.05, 4.69) is 20.7 Å². The van der Waals surface area contributed by atoms with Crippen LogP contribution in [0.2, 0.25) is 0 Å². The number of nitrogens with two attached hydrogens (primary N) is 1. The molecule has 0 aromatic carbocycles. The topological polar surface area (TPSA) is 83.3 Å². The summed E-state index contributed by atoms with van der Waals surface area (Å²) >= 11 is 0. The number of anilines is 1. The molecule has 1 amide bonds. The summed E-state index contributed by atoms with van der Waals surface area (Å²) in [7, 11) is 0. The zero-order chi connectivity index (χ0) is 12.8. The van der Waals surface area contributed by atoms with Crippen LogP contribution in [0.1, 0.15) is 6.42 Å². The minimum absolute atomic E-state index is 0.0571. The molecular weight excluding hydrogens is 230 g/mol. The highest BCUT2D eigenvalue weighted by atomic mass is 16.2. The first-order chi connectivity index (χ1) is 8.78. The van der Waals surface area contributed by atoms with Crippen LogP contribution in [0.15, 0.2) is 24.4 Å². The van der Waals surface area contributed by atoms with Gasteiger partial charge in [0.1, 0.15) is 5.82 Å². The summed E-state index contributed by atoms with van der Waals surface area (Å²) in [5.41, 5.74) is 11.0. The van der Waals surface area contributed by atoms with Crippen LogP contribution < -0.4 is 16.6 Å². The number of carbonyl (C=O) groups excluding carboxylic acids is 1.